The van der Waals surface area contributed by atoms with E-state index in [1.54, 1.807) is 0 Å². The predicted molar refractivity (Wildman–Crippen MR) is 203 cm³/mol. The van der Waals surface area contributed by atoms with Crippen LogP contribution in [0.5, 0.6) is 0 Å². The molecule has 2 N–H and O–H groups in total. The molecule has 0 saturated carbocycles. The van der Waals surface area contributed by atoms with E-state index in [0.717, 1.165) is 22.4 Å². The molecule has 3 heterocycles. The number of hydrogen-bond acceptors (Lipinski definition) is 3. The van der Waals surface area contributed by atoms with Crippen molar-refractivity contribution in [2.45, 2.75) is 0 Å². The minimum atomic E-state index is 0.644. The van der Waals surface area contributed by atoms with Crippen molar-refractivity contribution in [3.05, 3.63) is 170 Å². The molecule has 9 aromatic rings. The van der Waals surface area contributed by atoms with Crippen LogP contribution in [-0.2, 0) is 0 Å². The number of nitrogens with zero attached hydrogens (tertiary/aromatic N) is 4. The van der Waals surface area contributed by atoms with Gasteiger partial charge in [-0.05, 0) is 71.8 Å². The van der Waals surface area contributed by atoms with E-state index < -0.39 is 0 Å². The molecule has 0 aliphatic carbocycles. The average molecular weight is 641 g/mol. The summed E-state index contributed by atoms with van der Waals surface area (Å²) in [5.41, 5.74) is 13.9. The van der Waals surface area contributed by atoms with E-state index in [1.165, 1.54) is 55.4 Å². The molecule has 0 fully saturated rings. The molecule has 5 heteroatoms. The minimum Gasteiger partial charge on any atom is -0.309 e. The number of rotatable bonds is 5. The number of para-hydroxylation sites is 2. The van der Waals surface area contributed by atoms with Gasteiger partial charge in [0.1, 0.15) is 11.4 Å². The van der Waals surface area contributed by atoms with Crippen molar-refractivity contribution in [1.82, 2.24) is 19.5 Å². The van der Waals surface area contributed by atoms with Gasteiger partial charge in [-0.25, -0.2) is 15.0 Å². The van der Waals surface area contributed by atoms with E-state index in [2.05, 4.69) is 119 Å². The Hall–Kier alpha value is -6.69. The molecule has 234 valence electrons. The summed E-state index contributed by atoms with van der Waals surface area (Å²) in [5, 5.41) is 4.74. The van der Waals surface area contributed by atoms with Crippen molar-refractivity contribution < 1.29 is 5.32 Å². The molecular weight excluding hydrogens is 611 g/mol. The third kappa shape index (κ3) is 4.72. The zero-order chi connectivity index (χ0) is 33.0. The highest BCUT2D eigenvalue weighted by atomic mass is 15.0. The third-order valence-electron chi connectivity index (χ3n) is 9.70. The zero-order valence-electron chi connectivity index (χ0n) is 27.0. The highest BCUT2D eigenvalue weighted by Gasteiger charge is 2.23. The first kappa shape index (κ1) is 28.3. The van der Waals surface area contributed by atoms with Gasteiger partial charge in [-0.15, -0.1) is 0 Å². The lowest BCUT2D eigenvalue weighted by molar-refractivity contribution is -0.473. The minimum absolute atomic E-state index is 0.644. The van der Waals surface area contributed by atoms with Crippen LogP contribution in [0.15, 0.2) is 170 Å². The standard InChI is InChI=1S/C45H29N5/c1-3-11-29(12-4-1)43-47-44(30-13-5-2-6-14-30)49-45(48-43)31-19-23-34(24-20-31)50-41-18-10-8-16-36(41)38-28-33(22-26-42(38)50)32-21-25-40-37(27-32)35-15-7-9-17-39(35)46-40/h1-28,46H/p+1. The summed E-state index contributed by atoms with van der Waals surface area (Å²) in [5.74, 6) is 1.95. The van der Waals surface area contributed by atoms with Crippen molar-refractivity contribution in [3.63, 3.8) is 0 Å². The molecular formula is C45H30N5+. The van der Waals surface area contributed by atoms with Crippen LogP contribution in [0.25, 0.3) is 83.9 Å². The van der Waals surface area contributed by atoms with Gasteiger partial charge in [0.05, 0.1) is 11.0 Å². The first-order chi connectivity index (χ1) is 24.8. The lowest BCUT2D eigenvalue weighted by Crippen LogP contribution is -2.69. The van der Waals surface area contributed by atoms with Crippen LogP contribution in [0.3, 0.4) is 0 Å². The molecule has 5 nitrogen and oxygen atoms in total. The maximum absolute atomic E-state index is 4.93. The maximum atomic E-state index is 4.93. The van der Waals surface area contributed by atoms with E-state index in [9.17, 15) is 0 Å². The summed E-state index contributed by atoms with van der Waals surface area (Å²) in [6, 6.07) is 59.7. The third-order valence-corrected chi connectivity index (χ3v) is 9.70. The molecule has 0 bridgehead atoms. The van der Waals surface area contributed by atoms with Crippen LogP contribution in [0.4, 0.5) is 11.4 Å². The Morgan fingerprint density at radius 3 is 1.60 bits per heavy atom. The van der Waals surface area contributed by atoms with Gasteiger partial charge >= 0.3 is 0 Å². The highest BCUT2D eigenvalue weighted by molar-refractivity contribution is 6.10. The second-order valence-corrected chi connectivity index (χ2v) is 12.7. The molecule has 2 aromatic heterocycles. The molecule has 0 radical (unpaired) electrons. The van der Waals surface area contributed by atoms with Crippen molar-refractivity contribution in [1.29, 1.82) is 0 Å². The summed E-state index contributed by atoms with van der Waals surface area (Å²) in [6.45, 7) is 0. The molecule has 0 unspecified atom stereocenters. The van der Waals surface area contributed by atoms with Crippen LogP contribution in [0.2, 0.25) is 0 Å². The first-order valence-corrected chi connectivity index (χ1v) is 16.9. The smallest absolute Gasteiger partial charge is 0.164 e. The van der Waals surface area contributed by atoms with Crippen molar-refractivity contribution >= 4 is 33.2 Å². The fourth-order valence-corrected chi connectivity index (χ4v) is 7.26. The molecule has 0 spiro atoms. The van der Waals surface area contributed by atoms with E-state index in [4.69, 9.17) is 15.0 Å². The lowest BCUT2D eigenvalue weighted by atomic mass is 9.98. The second-order valence-electron chi connectivity index (χ2n) is 12.7. The Morgan fingerprint density at radius 2 is 0.880 bits per heavy atom. The van der Waals surface area contributed by atoms with Gasteiger partial charge in [-0.1, -0.05) is 97.1 Å². The van der Waals surface area contributed by atoms with Gasteiger partial charge in [-0.2, -0.15) is 0 Å². The lowest BCUT2D eigenvalue weighted by Gasteiger charge is -2.11. The van der Waals surface area contributed by atoms with Gasteiger partial charge in [0.2, 0.25) is 0 Å². The highest BCUT2D eigenvalue weighted by Crippen LogP contribution is 2.40. The van der Waals surface area contributed by atoms with Crippen LogP contribution in [-0.4, -0.2) is 19.5 Å². The van der Waals surface area contributed by atoms with Crippen LogP contribution >= 0.6 is 0 Å². The monoisotopic (exact) mass is 640 g/mol. The SMILES string of the molecule is c1ccc(-c2nc(-c3ccccc3)nc(-c3ccc(-n4c5ccccc5c5cc(-c6ccc7c(c6)-c6ccccc6[NH2+]7)ccc54)cc3)n2)cc1. The molecule has 7 aromatic carbocycles. The fourth-order valence-electron chi connectivity index (χ4n) is 7.26. The van der Waals surface area contributed by atoms with Crippen LogP contribution < -0.4 is 5.32 Å². The van der Waals surface area contributed by atoms with E-state index in [0.29, 0.717) is 17.5 Å². The van der Waals surface area contributed by atoms with Crippen LogP contribution in [0.1, 0.15) is 0 Å². The summed E-state index contributed by atoms with van der Waals surface area (Å²) in [7, 11) is 0. The molecule has 10 rings (SSSR count). The maximum Gasteiger partial charge on any atom is 0.164 e. The van der Waals surface area contributed by atoms with E-state index in [-0.39, 0.29) is 0 Å². The Bertz CT molecular complexity index is 2660. The Labute approximate surface area is 289 Å². The first-order valence-electron chi connectivity index (χ1n) is 16.9. The molecule has 0 saturated heterocycles. The van der Waals surface area contributed by atoms with Crippen LogP contribution in [0, 0.1) is 0 Å². The largest absolute Gasteiger partial charge is 0.309 e. The molecule has 0 atom stereocenters. The number of quaternary nitrogens is 1. The van der Waals surface area contributed by atoms with E-state index >= 15 is 0 Å². The summed E-state index contributed by atoms with van der Waals surface area (Å²) in [6.07, 6.45) is 0. The van der Waals surface area contributed by atoms with E-state index in [1.807, 2.05) is 60.7 Å². The Morgan fingerprint density at radius 1 is 0.360 bits per heavy atom. The number of aromatic nitrogens is 4. The van der Waals surface area contributed by atoms with Crippen molar-refractivity contribution in [2.24, 2.45) is 0 Å². The van der Waals surface area contributed by atoms with Gasteiger partial charge in [0, 0.05) is 56.4 Å². The molecule has 0 amide bonds. The summed E-state index contributed by atoms with van der Waals surface area (Å²) in [4.78, 5) is 14.7. The average Bonchev–Trinajstić information content (AvgIpc) is 3.73. The van der Waals surface area contributed by atoms with Gasteiger partial charge in [0.25, 0.3) is 0 Å². The fraction of sp³-hybridized carbons (Fsp3) is 0. The predicted octanol–water partition coefficient (Wildman–Crippen LogP) is 10.1. The molecule has 50 heavy (non-hydrogen) atoms. The topological polar surface area (TPSA) is 60.2 Å². The van der Waals surface area contributed by atoms with Gasteiger partial charge in [0.15, 0.2) is 17.5 Å². The van der Waals surface area contributed by atoms with Gasteiger partial charge < -0.3 is 4.57 Å². The number of nitrogens with two attached hydrogens (primary N) is 1. The molecule has 1 aliphatic heterocycles. The second kappa shape index (κ2) is 11.5. The number of fused-ring (bicyclic) bond motifs is 6. The Balaban J connectivity index is 1.06. The van der Waals surface area contributed by atoms with Gasteiger partial charge in [-0.3, -0.25) is 5.32 Å². The normalized spacial score (nSPS) is 11.9. The quantitative estimate of drug-likeness (QED) is 0.191. The number of hydrogen-bond donors (Lipinski definition) is 1. The molecule has 1 aliphatic rings. The Kier molecular flexibility index (Phi) is 6.50. The number of benzene rings is 7. The van der Waals surface area contributed by atoms with Crippen molar-refractivity contribution in [2.75, 3.05) is 0 Å². The van der Waals surface area contributed by atoms with Crippen molar-refractivity contribution in [3.8, 4) is 62.1 Å². The summed E-state index contributed by atoms with van der Waals surface area (Å²) < 4.78 is 2.35. The summed E-state index contributed by atoms with van der Waals surface area (Å²) >= 11 is 0. The zero-order valence-corrected chi connectivity index (χ0v) is 27.0.